The maximum atomic E-state index is 11.5. The molecule has 0 aromatic heterocycles. The Morgan fingerprint density at radius 2 is 1.83 bits per heavy atom. The molecule has 2 aliphatic rings. The van der Waals surface area contributed by atoms with E-state index in [9.17, 15) is 14.4 Å². The first-order valence-corrected chi connectivity index (χ1v) is 6.98. The second-order valence-electron chi connectivity index (χ2n) is 4.96. The SMILES string of the molecule is C=CCOC(=O)O[C@@H]1CO[C@H]2[C@@H]1OC(OC(C)=O)[C@@H]2OC(C)=O. The van der Waals surface area contributed by atoms with Gasteiger partial charge in [-0.1, -0.05) is 12.7 Å². The number of esters is 2. The lowest BCUT2D eigenvalue weighted by Gasteiger charge is -2.21. The summed E-state index contributed by atoms with van der Waals surface area (Å²) < 4.78 is 30.9. The summed E-state index contributed by atoms with van der Waals surface area (Å²) in [5, 5.41) is 0. The lowest BCUT2D eigenvalue weighted by Crippen LogP contribution is -2.38. The predicted octanol–water partition coefficient (Wildman–Crippen LogP) is 0.313. The van der Waals surface area contributed by atoms with Gasteiger partial charge in [-0.2, -0.15) is 0 Å². The quantitative estimate of drug-likeness (QED) is 0.400. The number of fused-ring (bicyclic) bond motifs is 1. The average molecular weight is 330 g/mol. The Hall–Kier alpha value is -2.13. The molecule has 0 aromatic rings. The number of carbonyl (C=O) groups excluding carboxylic acids is 3. The normalized spacial score (nSPS) is 31.8. The van der Waals surface area contributed by atoms with Crippen molar-refractivity contribution < 1.29 is 42.8 Å². The minimum atomic E-state index is -1.12. The monoisotopic (exact) mass is 330 g/mol. The van der Waals surface area contributed by atoms with E-state index in [-0.39, 0.29) is 13.2 Å². The fourth-order valence-electron chi connectivity index (χ4n) is 2.40. The van der Waals surface area contributed by atoms with Crippen molar-refractivity contribution >= 4 is 18.1 Å². The Labute approximate surface area is 132 Å². The molecule has 9 heteroatoms. The number of rotatable bonds is 5. The van der Waals surface area contributed by atoms with E-state index in [1.54, 1.807) is 0 Å². The molecule has 0 aliphatic carbocycles. The fraction of sp³-hybridized carbons (Fsp3) is 0.643. The first-order valence-electron chi connectivity index (χ1n) is 6.98. The van der Waals surface area contributed by atoms with Gasteiger partial charge in [-0.3, -0.25) is 9.59 Å². The van der Waals surface area contributed by atoms with Crippen LogP contribution in [-0.4, -0.2) is 62.0 Å². The molecule has 0 amide bonds. The minimum Gasteiger partial charge on any atom is -0.453 e. The third kappa shape index (κ3) is 4.20. The first kappa shape index (κ1) is 17.2. The van der Waals surface area contributed by atoms with Crippen LogP contribution in [0.5, 0.6) is 0 Å². The van der Waals surface area contributed by atoms with Crippen LogP contribution in [0.1, 0.15) is 13.8 Å². The third-order valence-corrected chi connectivity index (χ3v) is 3.18. The first-order chi connectivity index (χ1) is 10.9. The van der Waals surface area contributed by atoms with Crippen LogP contribution in [0.15, 0.2) is 12.7 Å². The zero-order valence-electron chi connectivity index (χ0n) is 12.8. The van der Waals surface area contributed by atoms with Gasteiger partial charge in [-0.15, -0.1) is 0 Å². The van der Waals surface area contributed by atoms with Crippen LogP contribution in [0.4, 0.5) is 4.79 Å². The Balaban J connectivity index is 2.02. The maximum Gasteiger partial charge on any atom is 0.509 e. The summed E-state index contributed by atoms with van der Waals surface area (Å²) in [4.78, 5) is 33.8. The summed E-state index contributed by atoms with van der Waals surface area (Å²) in [5.74, 6) is -1.18. The molecule has 1 unspecified atom stereocenters. The van der Waals surface area contributed by atoms with E-state index < -0.39 is 48.8 Å². The molecule has 2 fully saturated rings. The van der Waals surface area contributed by atoms with Gasteiger partial charge in [0.2, 0.25) is 6.29 Å². The summed E-state index contributed by atoms with van der Waals surface area (Å²) in [6.07, 6.45) is -3.77. The van der Waals surface area contributed by atoms with Crippen LogP contribution in [-0.2, 0) is 38.0 Å². The van der Waals surface area contributed by atoms with Gasteiger partial charge in [0, 0.05) is 13.8 Å². The molecule has 128 valence electrons. The summed E-state index contributed by atoms with van der Waals surface area (Å²) in [5.41, 5.74) is 0. The molecule has 2 heterocycles. The highest BCUT2D eigenvalue weighted by atomic mass is 16.8. The van der Waals surface area contributed by atoms with E-state index in [1.165, 1.54) is 19.9 Å². The zero-order chi connectivity index (χ0) is 17.0. The second kappa shape index (κ2) is 7.42. The van der Waals surface area contributed by atoms with E-state index in [0.29, 0.717) is 0 Å². The van der Waals surface area contributed by atoms with Gasteiger partial charge in [0.25, 0.3) is 0 Å². The van der Waals surface area contributed by atoms with Crippen molar-refractivity contribution in [2.75, 3.05) is 13.2 Å². The standard InChI is InChI=1S/C14H18O9/c1-4-5-18-14(17)22-9-6-19-11-10(9)23-13(21-8(3)16)12(11)20-7(2)15/h4,9-13H,1,5-6H2,2-3H3/t9-,10-,11+,12-,13?/m1/s1. The lowest BCUT2D eigenvalue weighted by molar-refractivity contribution is -0.202. The zero-order valence-corrected chi connectivity index (χ0v) is 12.8. The smallest absolute Gasteiger partial charge is 0.453 e. The summed E-state index contributed by atoms with van der Waals surface area (Å²) >= 11 is 0. The molecule has 0 N–H and O–H groups in total. The van der Waals surface area contributed by atoms with Crippen LogP contribution in [0, 0.1) is 0 Å². The van der Waals surface area contributed by atoms with Gasteiger partial charge in [0.1, 0.15) is 18.8 Å². The molecular weight excluding hydrogens is 312 g/mol. The van der Waals surface area contributed by atoms with E-state index in [1.807, 2.05) is 0 Å². The minimum absolute atomic E-state index is 0.00745. The maximum absolute atomic E-state index is 11.5. The molecule has 23 heavy (non-hydrogen) atoms. The molecule has 0 aromatic carbocycles. The molecule has 9 nitrogen and oxygen atoms in total. The van der Waals surface area contributed by atoms with Crippen LogP contribution in [0.3, 0.4) is 0 Å². The molecule has 2 saturated heterocycles. The molecule has 5 atom stereocenters. The Morgan fingerprint density at radius 1 is 1.13 bits per heavy atom. The molecule has 2 aliphatic heterocycles. The van der Waals surface area contributed by atoms with Gasteiger partial charge in [0.15, 0.2) is 12.2 Å². The fourth-order valence-corrected chi connectivity index (χ4v) is 2.40. The Bertz CT molecular complexity index is 489. The molecule has 2 rings (SSSR count). The topological polar surface area (TPSA) is 107 Å². The van der Waals surface area contributed by atoms with E-state index in [0.717, 1.165) is 0 Å². The van der Waals surface area contributed by atoms with Gasteiger partial charge < -0.3 is 28.4 Å². The highest BCUT2D eigenvalue weighted by Gasteiger charge is 2.57. The highest BCUT2D eigenvalue weighted by molar-refractivity contribution is 5.67. The molecule has 0 bridgehead atoms. The highest BCUT2D eigenvalue weighted by Crippen LogP contribution is 2.35. The van der Waals surface area contributed by atoms with Crippen molar-refractivity contribution in [3.63, 3.8) is 0 Å². The summed E-state index contributed by atoms with van der Waals surface area (Å²) in [7, 11) is 0. The van der Waals surface area contributed by atoms with Gasteiger partial charge in [-0.05, 0) is 0 Å². The van der Waals surface area contributed by atoms with Gasteiger partial charge in [-0.25, -0.2) is 4.79 Å². The Morgan fingerprint density at radius 3 is 2.43 bits per heavy atom. The van der Waals surface area contributed by atoms with E-state index in [4.69, 9.17) is 28.4 Å². The molecule has 0 spiro atoms. The van der Waals surface area contributed by atoms with E-state index >= 15 is 0 Å². The summed E-state index contributed by atoms with van der Waals surface area (Å²) in [6.45, 7) is 5.88. The Kier molecular flexibility index (Phi) is 5.56. The number of ether oxygens (including phenoxy) is 6. The van der Waals surface area contributed by atoms with Gasteiger partial charge >= 0.3 is 18.1 Å². The van der Waals surface area contributed by atoms with Crippen molar-refractivity contribution in [3.8, 4) is 0 Å². The molecule has 0 saturated carbocycles. The third-order valence-electron chi connectivity index (χ3n) is 3.18. The van der Waals surface area contributed by atoms with E-state index in [2.05, 4.69) is 6.58 Å². The molecular formula is C14H18O9. The van der Waals surface area contributed by atoms with Crippen molar-refractivity contribution in [3.05, 3.63) is 12.7 Å². The lowest BCUT2D eigenvalue weighted by atomic mass is 10.1. The predicted molar refractivity (Wildman–Crippen MR) is 72.1 cm³/mol. The van der Waals surface area contributed by atoms with Crippen molar-refractivity contribution in [1.29, 1.82) is 0 Å². The van der Waals surface area contributed by atoms with Crippen molar-refractivity contribution in [2.24, 2.45) is 0 Å². The van der Waals surface area contributed by atoms with Crippen LogP contribution < -0.4 is 0 Å². The summed E-state index contributed by atoms with van der Waals surface area (Å²) in [6, 6.07) is 0. The number of hydrogen-bond acceptors (Lipinski definition) is 9. The number of carbonyl (C=O) groups is 3. The van der Waals surface area contributed by atoms with Crippen molar-refractivity contribution in [1.82, 2.24) is 0 Å². The second-order valence-corrected chi connectivity index (χ2v) is 4.96. The molecule has 0 radical (unpaired) electrons. The van der Waals surface area contributed by atoms with Gasteiger partial charge in [0.05, 0.1) is 6.61 Å². The van der Waals surface area contributed by atoms with Crippen LogP contribution in [0.2, 0.25) is 0 Å². The number of hydrogen-bond donors (Lipinski definition) is 0. The van der Waals surface area contributed by atoms with Crippen molar-refractivity contribution in [2.45, 2.75) is 44.6 Å². The van der Waals surface area contributed by atoms with Crippen LogP contribution in [0.25, 0.3) is 0 Å². The average Bonchev–Trinajstić information content (AvgIpc) is 2.98. The largest absolute Gasteiger partial charge is 0.509 e. The van der Waals surface area contributed by atoms with Crippen LogP contribution >= 0.6 is 0 Å².